The molecule has 1 heterocycles. The highest BCUT2D eigenvalue weighted by Gasteiger charge is 2.09. The number of unbranched alkanes of at least 4 members (excludes halogenated alkanes) is 1. The molecule has 2 N–H and O–H groups in total. The molecular formula is C19H19NO3. The van der Waals surface area contributed by atoms with Crippen LogP contribution in [0.1, 0.15) is 19.8 Å². The standard InChI is InChI=1S/C19H19NO3/c1-2-3-10-20-14-6-4-13(5-7-14)17-12-23-18-11-15(21)8-9-16(18)19(17)22/h4-9,11-12,20-21H,2-3,10H2,1H3. The van der Waals surface area contributed by atoms with E-state index in [0.717, 1.165) is 30.6 Å². The third kappa shape index (κ3) is 3.21. The van der Waals surface area contributed by atoms with Gasteiger partial charge in [0.25, 0.3) is 0 Å². The maximum Gasteiger partial charge on any atom is 0.200 e. The Hall–Kier alpha value is -2.75. The van der Waals surface area contributed by atoms with Crippen molar-refractivity contribution in [1.29, 1.82) is 0 Å². The van der Waals surface area contributed by atoms with Crippen LogP contribution in [0.25, 0.3) is 22.1 Å². The number of hydrogen-bond acceptors (Lipinski definition) is 4. The molecule has 0 amide bonds. The summed E-state index contributed by atoms with van der Waals surface area (Å²) in [6.07, 6.45) is 3.73. The first-order valence-corrected chi connectivity index (χ1v) is 7.78. The van der Waals surface area contributed by atoms with Gasteiger partial charge >= 0.3 is 0 Å². The molecule has 2 aromatic carbocycles. The minimum absolute atomic E-state index is 0.0795. The molecular weight excluding hydrogens is 290 g/mol. The Morgan fingerprint density at radius 1 is 1.13 bits per heavy atom. The number of anilines is 1. The first kappa shape index (κ1) is 15.2. The lowest BCUT2D eigenvalue weighted by atomic mass is 10.1. The van der Waals surface area contributed by atoms with Crippen LogP contribution in [0.3, 0.4) is 0 Å². The Morgan fingerprint density at radius 2 is 1.91 bits per heavy atom. The van der Waals surface area contributed by atoms with E-state index in [1.165, 1.54) is 18.4 Å². The lowest BCUT2D eigenvalue weighted by Crippen LogP contribution is -2.05. The smallest absolute Gasteiger partial charge is 0.200 e. The molecule has 0 fully saturated rings. The van der Waals surface area contributed by atoms with Gasteiger partial charge in [0, 0.05) is 18.3 Å². The largest absolute Gasteiger partial charge is 0.508 e. The summed E-state index contributed by atoms with van der Waals surface area (Å²) in [5.41, 5.74) is 2.66. The average molecular weight is 309 g/mol. The van der Waals surface area contributed by atoms with Crippen LogP contribution in [0.5, 0.6) is 5.75 Å². The second kappa shape index (κ2) is 6.57. The molecule has 4 nitrogen and oxygen atoms in total. The van der Waals surface area contributed by atoms with Crippen molar-refractivity contribution in [2.75, 3.05) is 11.9 Å². The molecule has 0 atom stereocenters. The van der Waals surface area contributed by atoms with Gasteiger partial charge in [0.2, 0.25) is 0 Å². The fourth-order valence-corrected chi connectivity index (χ4v) is 2.49. The number of fused-ring (bicyclic) bond motifs is 1. The number of hydrogen-bond donors (Lipinski definition) is 2. The summed E-state index contributed by atoms with van der Waals surface area (Å²) in [5.74, 6) is 0.0795. The molecule has 0 aliphatic carbocycles. The van der Waals surface area contributed by atoms with E-state index in [-0.39, 0.29) is 11.2 Å². The SMILES string of the molecule is CCCCNc1ccc(-c2coc3cc(O)ccc3c2=O)cc1. The van der Waals surface area contributed by atoms with Gasteiger partial charge in [0.05, 0.1) is 10.9 Å². The van der Waals surface area contributed by atoms with Crippen molar-refractivity contribution in [1.82, 2.24) is 0 Å². The zero-order chi connectivity index (χ0) is 16.2. The molecule has 0 aliphatic rings. The Kier molecular flexibility index (Phi) is 4.33. The molecule has 3 rings (SSSR count). The number of rotatable bonds is 5. The number of phenolic OH excluding ortho intramolecular Hbond substituents is 1. The highest BCUT2D eigenvalue weighted by molar-refractivity contribution is 5.82. The van der Waals surface area contributed by atoms with Crippen molar-refractivity contribution >= 4 is 16.7 Å². The van der Waals surface area contributed by atoms with Crippen LogP contribution in [0.2, 0.25) is 0 Å². The maximum atomic E-state index is 12.6. The highest BCUT2D eigenvalue weighted by Crippen LogP contribution is 2.23. The van der Waals surface area contributed by atoms with Gasteiger partial charge in [-0.15, -0.1) is 0 Å². The molecule has 0 saturated heterocycles. The Morgan fingerprint density at radius 3 is 2.65 bits per heavy atom. The second-order valence-corrected chi connectivity index (χ2v) is 5.52. The molecule has 1 aromatic heterocycles. The molecule has 118 valence electrons. The Bertz CT molecular complexity index is 866. The Labute approximate surface area is 134 Å². The van der Waals surface area contributed by atoms with Crippen molar-refractivity contribution in [3.63, 3.8) is 0 Å². The summed E-state index contributed by atoms with van der Waals surface area (Å²) in [7, 11) is 0. The van der Waals surface area contributed by atoms with E-state index in [9.17, 15) is 9.90 Å². The quantitative estimate of drug-likeness (QED) is 0.687. The van der Waals surface area contributed by atoms with E-state index in [1.807, 2.05) is 24.3 Å². The zero-order valence-electron chi connectivity index (χ0n) is 13.0. The van der Waals surface area contributed by atoms with E-state index in [2.05, 4.69) is 12.2 Å². The minimum atomic E-state index is -0.0991. The summed E-state index contributed by atoms with van der Waals surface area (Å²) < 4.78 is 5.49. The third-order valence-electron chi connectivity index (χ3n) is 3.81. The molecule has 0 bridgehead atoms. The molecule has 0 radical (unpaired) electrons. The van der Waals surface area contributed by atoms with E-state index in [0.29, 0.717) is 16.5 Å². The second-order valence-electron chi connectivity index (χ2n) is 5.52. The Balaban J connectivity index is 1.92. The fraction of sp³-hybridized carbons (Fsp3) is 0.211. The van der Waals surface area contributed by atoms with Gasteiger partial charge in [-0.2, -0.15) is 0 Å². The molecule has 0 saturated carbocycles. The summed E-state index contributed by atoms with van der Waals surface area (Å²) in [5, 5.41) is 13.3. The van der Waals surface area contributed by atoms with Crippen molar-refractivity contribution < 1.29 is 9.52 Å². The number of phenols is 1. The van der Waals surface area contributed by atoms with Gasteiger partial charge in [-0.25, -0.2) is 0 Å². The molecule has 0 unspecified atom stereocenters. The third-order valence-corrected chi connectivity index (χ3v) is 3.81. The van der Waals surface area contributed by atoms with Crippen LogP contribution in [-0.4, -0.2) is 11.7 Å². The van der Waals surface area contributed by atoms with Crippen LogP contribution in [0.4, 0.5) is 5.69 Å². The normalized spacial score (nSPS) is 10.8. The molecule has 4 heteroatoms. The summed E-state index contributed by atoms with van der Waals surface area (Å²) >= 11 is 0. The van der Waals surface area contributed by atoms with E-state index in [4.69, 9.17) is 4.42 Å². The van der Waals surface area contributed by atoms with Crippen LogP contribution in [0.15, 0.2) is 57.9 Å². The lowest BCUT2D eigenvalue weighted by Gasteiger charge is -2.07. The topological polar surface area (TPSA) is 62.5 Å². The monoisotopic (exact) mass is 309 g/mol. The summed E-state index contributed by atoms with van der Waals surface area (Å²) in [4.78, 5) is 12.6. The van der Waals surface area contributed by atoms with Crippen LogP contribution in [0, 0.1) is 0 Å². The number of nitrogens with one attached hydrogen (secondary N) is 1. The fourth-order valence-electron chi connectivity index (χ4n) is 2.49. The van der Waals surface area contributed by atoms with E-state index >= 15 is 0 Å². The predicted octanol–water partition coefficient (Wildman–Crippen LogP) is 4.38. The number of benzene rings is 2. The first-order valence-electron chi connectivity index (χ1n) is 7.78. The number of aromatic hydroxyl groups is 1. The predicted molar refractivity (Wildman–Crippen MR) is 93.0 cm³/mol. The van der Waals surface area contributed by atoms with Gasteiger partial charge in [-0.05, 0) is 36.2 Å². The maximum absolute atomic E-state index is 12.6. The van der Waals surface area contributed by atoms with Crippen molar-refractivity contribution in [2.24, 2.45) is 0 Å². The molecule has 3 aromatic rings. The highest BCUT2D eigenvalue weighted by atomic mass is 16.3. The molecule has 0 aliphatic heterocycles. The van der Waals surface area contributed by atoms with Crippen LogP contribution < -0.4 is 10.7 Å². The van der Waals surface area contributed by atoms with E-state index < -0.39 is 0 Å². The van der Waals surface area contributed by atoms with Crippen molar-refractivity contribution in [2.45, 2.75) is 19.8 Å². The van der Waals surface area contributed by atoms with Crippen LogP contribution >= 0.6 is 0 Å². The van der Waals surface area contributed by atoms with Gasteiger partial charge < -0.3 is 14.8 Å². The van der Waals surface area contributed by atoms with Gasteiger partial charge in [-0.3, -0.25) is 4.79 Å². The van der Waals surface area contributed by atoms with Gasteiger partial charge in [-0.1, -0.05) is 25.5 Å². The summed E-state index contributed by atoms with van der Waals surface area (Å²) in [6.45, 7) is 3.10. The average Bonchev–Trinajstić information content (AvgIpc) is 2.56. The lowest BCUT2D eigenvalue weighted by molar-refractivity contribution is 0.474. The van der Waals surface area contributed by atoms with Gasteiger partial charge in [0.15, 0.2) is 5.43 Å². The molecule has 23 heavy (non-hydrogen) atoms. The van der Waals surface area contributed by atoms with Gasteiger partial charge in [0.1, 0.15) is 17.6 Å². The van der Waals surface area contributed by atoms with E-state index in [1.54, 1.807) is 6.07 Å². The first-order chi connectivity index (χ1) is 11.2. The molecule has 0 spiro atoms. The van der Waals surface area contributed by atoms with Crippen molar-refractivity contribution in [3.05, 3.63) is 59.0 Å². The van der Waals surface area contributed by atoms with Crippen molar-refractivity contribution in [3.8, 4) is 16.9 Å². The minimum Gasteiger partial charge on any atom is -0.508 e. The van der Waals surface area contributed by atoms with Crippen LogP contribution in [-0.2, 0) is 0 Å². The zero-order valence-corrected chi connectivity index (χ0v) is 13.0. The summed E-state index contributed by atoms with van der Waals surface area (Å²) in [6, 6.07) is 12.3.